The Morgan fingerprint density at radius 2 is 2.30 bits per heavy atom. The van der Waals surface area contributed by atoms with Crippen molar-refractivity contribution in [1.29, 1.82) is 0 Å². The minimum atomic E-state index is -0.205. The van der Waals surface area contributed by atoms with E-state index >= 15 is 0 Å². The summed E-state index contributed by atoms with van der Waals surface area (Å²) in [5, 5.41) is 13.4. The molecule has 0 fully saturated rings. The maximum atomic E-state index is 12.0. The molecular formula is C15H14N2O2S. The molecule has 2 aromatic rings. The summed E-state index contributed by atoms with van der Waals surface area (Å²) in [4.78, 5) is 17.1. The first kappa shape index (κ1) is 14.3. The third-order valence-corrected chi connectivity index (χ3v) is 3.50. The largest absolute Gasteiger partial charge is 0.384 e. The number of hydrogen-bond acceptors (Lipinski definition) is 4. The van der Waals surface area contributed by atoms with E-state index in [9.17, 15) is 4.79 Å². The van der Waals surface area contributed by atoms with Gasteiger partial charge in [-0.15, -0.1) is 11.3 Å². The monoisotopic (exact) mass is 286 g/mol. The summed E-state index contributed by atoms with van der Waals surface area (Å²) < 4.78 is 0. The number of pyridine rings is 1. The number of aliphatic hydroxyl groups is 1. The molecule has 0 spiro atoms. The van der Waals surface area contributed by atoms with E-state index in [0.717, 1.165) is 16.1 Å². The molecular weight excluding hydrogens is 272 g/mol. The Kier molecular flexibility index (Phi) is 4.88. The Morgan fingerprint density at radius 3 is 3.05 bits per heavy atom. The second kappa shape index (κ2) is 6.85. The molecule has 0 atom stereocenters. The van der Waals surface area contributed by atoms with Crippen molar-refractivity contribution in [1.82, 2.24) is 10.3 Å². The van der Waals surface area contributed by atoms with Gasteiger partial charge in [0.05, 0.1) is 6.54 Å². The van der Waals surface area contributed by atoms with Crippen LogP contribution in [0.3, 0.4) is 0 Å². The predicted octanol–water partition coefficient (Wildman–Crippen LogP) is 1.73. The van der Waals surface area contributed by atoms with Crippen LogP contribution in [0.2, 0.25) is 0 Å². The van der Waals surface area contributed by atoms with Crippen molar-refractivity contribution in [2.45, 2.75) is 13.5 Å². The molecule has 4 nitrogen and oxygen atoms in total. The van der Waals surface area contributed by atoms with Gasteiger partial charge in [-0.25, -0.2) is 4.98 Å². The third-order valence-electron chi connectivity index (χ3n) is 2.58. The van der Waals surface area contributed by atoms with E-state index in [0.29, 0.717) is 12.2 Å². The van der Waals surface area contributed by atoms with Crippen molar-refractivity contribution in [2.24, 2.45) is 0 Å². The van der Waals surface area contributed by atoms with Crippen LogP contribution in [0.25, 0.3) is 0 Å². The second-order valence-corrected chi connectivity index (χ2v) is 5.06. The Bertz CT molecular complexity index is 668. The van der Waals surface area contributed by atoms with E-state index in [1.165, 1.54) is 11.3 Å². The van der Waals surface area contributed by atoms with Gasteiger partial charge in [-0.1, -0.05) is 17.9 Å². The fraction of sp³-hybridized carbons (Fsp3) is 0.200. The second-order valence-electron chi connectivity index (χ2n) is 4.06. The number of thiophene rings is 1. The number of aryl methyl sites for hydroxylation is 1. The standard InChI is InChI=1S/C15H14N2O2S/c1-11-4-2-6-13(17-11)15(19)16-10-14-12(5-3-8-18)7-9-20-14/h2,4,6-7,9,18H,8,10H2,1H3,(H,16,19). The van der Waals surface area contributed by atoms with Crippen molar-refractivity contribution >= 4 is 17.2 Å². The first-order chi connectivity index (χ1) is 9.70. The summed E-state index contributed by atoms with van der Waals surface area (Å²) in [6, 6.07) is 7.21. The zero-order valence-electron chi connectivity index (χ0n) is 11.0. The molecule has 20 heavy (non-hydrogen) atoms. The Labute approximate surface area is 121 Å². The summed E-state index contributed by atoms with van der Waals surface area (Å²) in [5.41, 5.74) is 2.05. The highest BCUT2D eigenvalue weighted by Crippen LogP contribution is 2.15. The summed E-state index contributed by atoms with van der Waals surface area (Å²) >= 11 is 1.52. The van der Waals surface area contributed by atoms with Crippen LogP contribution < -0.4 is 5.32 Å². The van der Waals surface area contributed by atoms with Gasteiger partial charge in [-0.05, 0) is 30.5 Å². The molecule has 2 rings (SSSR count). The molecule has 0 aliphatic rings. The number of aromatic nitrogens is 1. The summed E-state index contributed by atoms with van der Waals surface area (Å²) in [6.07, 6.45) is 0. The minimum absolute atomic E-state index is 0.172. The highest BCUT2D eigenvalue weighted by molar-refractivity contribution is 7.10. The quantitative estimate of drug-likeness (QED) is 0.845. The highest BCUT2D eigenvalue weighted by Gasteiger charge is 2.08. The van der Waals surface area contributed by atoms with Crippen LogP contribution in [-0.4, -0.2) is 22.6 Å². The van der Waals surface area contributed by atoms with Gasteiger partial charge < -0.3 is 10.4 Å². The van der Waals surface area contributed by atoms with Crippen LogP contribution in [0, 0.1) is 18.8 Å². The van der Waals surface area contributed by atoms with Crippen molar-refractivity contribution in [3.63, 3.8) is 0 Å². The molecule has 1 amide bonds. The van der Waals surface area contributed by atoms with Gasteiger partial charge in [0.2, 0.25) is 0 Å². The lowest BCUT2D eigenvalue weighted by Gasteiger charge is -2.04. The van der Waals surface area contributed by atoms with Crippen LogP contribution in [0.5, 0.6) is 0 Å². The number of nitrogens with zero attached hydrogens (tertiary/aromatic N) is 1. The Morgan fingerprint density at radius 1 is 1.45 bits per heavy atom. The van der Waals surface area contributed by atoms with Crippen molar-refractivity contribution in [3.8, 4) is 11.8 Å². The average Bonchev–Trinajstić information content (AvgIpc) is 2.90. The molecule has 0 bridgehead atoms. The lowest BCUT2D eigenvalue weighted by molar-refractivity contribution is 0.0946. The molecule has 0 saturated carbocycles. The van der Waals surface area contributed by atoms with Gasteiger partial charge in [0.1, 0.15) is 12.3 Å². The maximum absolute atomic E-state index is 12.0. The van der Waals surface area contributed by atoms with Crippen LogP contribution in [0.4, 0.5) is 0 Å². The summed E-state index contributed by atoms with van der Waals surface area (Å²) in [5.74, 6) is 5.26. The van der Waals surface area contributed by atoms with Gasteiger partial charge in [0, 0.05) is 16.1 Å². The van der Waals surface area contributed by atoms with E-state index < -0.39 is 0 Å². The summed E-state index contributed by atoms with van der Waals surface area (Å²) in [7, 11) is 0. The van der Waals surface area contributed by atoms with Crippen LogP contribution in [0.15, 0.2) is 29.6 Å². The lowest BCUT2D eigenvalue weighted by Crippen LogP contribution is -2.23. The van der Waals surface area contributed by atoms with Crippen LogP contribution in [0.1, 0.15) is 26.6 Å². The van der Waals surface area contributed by atoms with E-state index in [4.69, 9.17) is 5.11 Å². The van der Waals surface area contributed by atoms with Gasteiger partial charge in [-0.2, -0.15) is 0 Å². The number of hydrogen-bond donors (Lipinski definition) is 2. The third kappa shape index (κ3) is 3.67. The molecule has 102 valence electrons. The van der Waals surface area contributed by atoms with Crippen LogP contribution >= 0.6 is 11.3 Å². The van der Waals surface area contributed by atoms with Crippen molar-refractivity contribution in [3.05, 3.63) is 51.5 Å². The molecule has 0 aliphatic heterocycles. The molecule has 2 aromatic heterocycles. The zero-order chi connectivity index (χ0) is 14.4. The number of carbonyl (C=O) groups is 1. The SMILES string of the molecule is Cc1cccc(C(=O)NCc2sccc2C#CCO)n1. The van der Waals surface area contributed by atoms with E-state index in [1.54, 1.807) is 12.1 Å². The first-order valence-corrected chi connectivity index (χ1v) is 6.96. The van der Waals surface area contributed by atoms with Crippen molar-refractivity contribution in [2.75, 3.05) is 6.61 Å². The van der Waals surface area contributed by atoms with Gasteiger partial charge in [0.15, 0.2) is 0 Å². The molecule has 0 saturated heterocycles. The molecule has 0 aromatic carbocycles. The van der Waals surface area contributed by atoms with Crippen molar-refractivity contribution < 1.29 is 9.90 Å². The number of rotatable bonds is 3. The molecule has 5 heteroatoms. The normalized spacial score (nSPS) is 9.70. The fourth-order valence-corrected chi connectivity index (χ4v) is 2.41. The smallest absolute Gasteiger partial charge is 0.270 e. The topological polar surface area (TPSA) is 62.2 Å². The van der Waals surface area contributed by atoms with E-state index in [-0.39, 0.29) is 12.5 Å². The summed E-state index contributed by atoms with van der Waals surface area (Å²) in [6.45, 7) is 2.08. The predicted molar refractivity (Wildman–Crippen MR) is 78.4 cm³/mol. The van der Waals surface area contributed by atoms with Gasteiger partial charge >= 0.3 is 0 Å². The number of aliphatic hydroxyl groups excluding tert-OH is 1. The number of carbonyl (C=O) groups excluding carboxylic acids is 1. The fourth-order valence-electron chi connectivity index (χ4n) is 1.64. The van der Waals surface area contributed by atoms with Crippen LogP contribution in [-0.2, 0) is 6.54 Å². The molecule has 2 N–H and O–H groups in total. The Balaban J connectivity index is 2.02. The average molecular weight is 286 g/mol. The zero-order valence-corrected chi connectivity index (χ0v) is 11.8. The van der Waals surface area contributed by atoms with E-state index in [1.807, 2.05) is 24.4 Å². The molecule has 0 aliphatic carbocycles. The lowest BCUT2D eigenvalue weighted by atomic mass is 10.2. The molecule has 0 unspecified atom stereocenters. The Hall–Kier alpha value is -2.16. The first-order valence-electron chi connectivity index (χ1n) is 6.08. The minimum Gasteiger partial charge on any atom is -0.384 e. The van der Waals surface area contributed by atoms with Gasteiger partial charge in [-0.3, -0.25) is 4.79 Å². The number of amides is 1. The molecule has 2 heterocycles. The number of nitrogens with one attached hydrogen (secondary N) is 1. The van der Waals surface area contributed by atoms with E-state index in [2.05, 4.69) is 22.1 Å². The molecule has 0 radical (unpaired) electrons. The van der Waals surface area contributed by atoms with Gasteiger partial charge in [0.25, 0.3) is 5.91 Å². The highest BCUT2D eigenvalue weighted by atomic mass is 32.1. The maximum Gasteiger partial charge on any atom is 0.270 e.